The molecule has 2 aliphatic rings. The molecule has 2 atom stereocenters. The Morgan fingerprint density at radius 2 is 1.93 bits per heavy atom. The van der Waals surface area contributed by atoms with Crippen molar-refractivity contribution in [3.8, 4) is 0 Å². The Kier molecular flexibility index (Phi) is 2.77. The van der Waals surface area contributed by atoms with Crippen LogP contribution in [-0.2, 0) is 9.53 Å². The van der Waals surface area contributed by atoms with E-state index < -0.39 is 0 Å². The van der Waals surface area contributed by atoms with Gasteiger partial charge in [-0.05, 0) is 43.9 Å². The molecule has 0 heterocycles. The molecule has 0 aromatic carbocycles. The number of carbonyl (C=O) groups is 1. The topological polar surface area (TPSA) is 52.3 Å². The van der Waals surface area contributed by atoms with Crippen LogP contribution < -0.4 is 5.73 Å². The second-order valence-electron chi connectivity index (χ2n) is 4.70. The molecular formula is C11H19NO2. The molecule has 3 nitrogen and oxygen atoms in total. The largest absolute Gasteiger partial charge is 0.469 e. The van der Waals surface area contributed by atoms with E-state index in [1.807, 2.05) is 0 Å². The maximum Gasteiger partial charge on any atom is 0.308 e. The normalized spacial score (nSPS) is 41.9. The fraction of sp³-hybridized carbons (Fsp3) is 0.909. The van der Waals surface area contributed by atoms with Gasteiger partial charge >= 0.3 is 5.97 Å². The second kappa shape index (κ2) is 3.89. The second-order valence-corrected chi connectivity index (χ2v) is 4.70. The molecule has 0 saturated heterocycles. The first-order valence-corrected chi connectivity index (χ1v) is 5.55. The Balaban J connectivity index is 1.79. The zero-order chi connectivity index (χ0) is 10.1. The van der Waals surface area contributed by atoms with Crippen LogP contribution in [0.2, 0.25) is 0 Å². The zero-order valence-electron chi connectivity index (χ0n) is 8.74. The number of esters is 1. The maximum absolute atomic E-state index is 11.2. The molecule has 2 N–H and O–H groups in total. The SMILES string of the molecule is COC(=O)[C@@H]1C[C@H]1C1CCC(N)CC1. The Labute approximate surface area is 85.0 Å². The van der Waals surface area contributed by atoms with E-state index in [-0.39, 0.29) is 11.9 Å². The first kappa shape index (κ1) is 9.97. The summed E-state index contributed by atoms with van der Waals surface area (Å²) in [5.74, 6) is 1.54. The minimum Gasteiger partial charge on any atom is -0.469 e. The summed E-state index contributed by atoms with van der Waals surface area (Å²) in [5, 5.41) is 0. The summed E-state index contributed by atoms with van der Waals surface area (Å²) in [6.45, 7) is 0. The van der Waals surface area contributed by atoms with Crippen LogP contribution in [-0.4, -0.2) is 19.1 Å². The van der Waals surface area contributed by atoms with Gasteiger partial charge in [-0.3, -0.25) is 4.79 Å². The van der Waals surface area contributed by atoms with Gasteiger partial charge in [0.2, 0.25) is 0 Å². The molecule has 80 valence electrons. The first-order valence-electron chi connectivity index (χ1n) is 5.55. The Bertz CT molecular complexity index is 221. The molecule has 0 radical (unpaired) electrons. The van der Waals surface area contributed by atoms with E-state index in [0.29, 0.717) is 12.0 Å². The van der Waals surface area contributed by atoms with E-state index in [0.717, 1.165) is 25.2 Å². The predicted molar refractivity (Wildman–Crippen MR) is 53.5 cm³/mol. The first-order chi connectivity index (χ1) is 6.72. The molecule has 3 heteroatoms. The number of ether oxygens (including phenoxy) is 1. The number of carbonyl (C=O) groups excluding carboxylic acids is 1. The average molecular weight is 197 g/mol. The third kappa shape index (κ3) is 1.92. The third-order valence-electron chi connectivity index (χ3n) is 3.77. The van der Waals surface area contributed by atoms with Crippen molar-refractivity contribution < 1.29 is 9.53 Å². The lowest BCUT2D eigenvalue weighted by Crippen LogP contribution is -2.27. The molecule has 2 fully saturated rings. The summed E-state index contributed by atoms with van der Waals surface area (Å²) >= 11 is 0. The predicted octanol–water partition coefficient (Wildman–Crippen LogP) is 1.31. The van der Waals surface area contributed by atoms with Gasteiger partial charge in [0.25, 0.3) is 0 Å². The molecule has 0 aromatic heterocycles. The van der Waals surface area contributed by atoms with Crippen LogP contribution >= 0.6 is 0 Å². The highest BCUT2D eigenvalue weighted by atomic mass is 16.5. The van der Waals surface area contributed by atoms with E-state index >= 15 is 0 Å². The fourth-order valence-corrected chi connectivity index (χ4v) is 2.73. The maximum atomic E-state index is 11.2. The lowest BCUT2D eigenvalue weighted by Gasteiger charge is -2.26. The van der Waals surface area contributed by atoms with Gasteiger partial charge in [0.1, 0.15) is 0 Å². The van der Waals surface area contributed by atoms with Crippen molar-refractivity contribution in [2.45, 2.75) is 38.1 Å². The summed E-state index contributed by atoms with van der Waals surface area (Å²) in [7, 11) is 1.48. The minimum absolute atomic E-state index is 0.00938. The Morgan fingerprint density at radius 3 is 2.50 bits per heavy atom. The van der Waals surface area contributed by atoms with Crippen LogP contribution in [0.15, 0.2) is 0 Å². The zero-order valence-corrected chi connectivity index (χ0v) is 8.74. The molecular weight excluding hydrogens is 178 g/mol. The minimum atomic E-state index is -0.00938. The molecule has 2 aliphatic carbocycles. The third-order valence-corrected chi connectivity index (χ3v) is 3.77. The standard InChI is InChI=1S/C11H19NO2/c1-14-11(13)10-6-9(10)7-2-4-8(12)5-3-7/h7-10H,2-6,12H2,1H3/t7?,8?,9-,10+/m0/s1. The van der Waals surface area contributed by atoms with Gasteiger partial charge in [0.15, 0.2) is 0 Å². The van der Waals surface area contributed by atoms with Gasteiger partial charge < -0.3 is 10.5 Å². The number of hydrogen-bond acceptors (Lipinski definition) is 3. The lowest BCUT2D eigenvalue weighted by atomic mass is 9.83. The highest BCUT2D eigenvalue weighted by molar-refractivity contribution is 5.75. The molecule has 0 unspecified atom stereocenters. The smallest absolute Gasteiger partial charge is 0.308 e. The van der Waals surface area contributed by atoms with Crippen molar-refractivity contribution in [3.05, 3.63) is 0 Å². The van der Waals surface area contributed by atoms with Crippen molar-refractivity contribution in [1.29, 1.82) is 0 Å². The van der Waals surface area contributed by atoms with Crippen LogP contribution in [0, 0.1) is 17.8 Å². The lowest BCUT2D eigenvalue weighted by molar-refractivity contribution is -0.142. The van der Waals surface area contributed by atoms with Crippen LogP contribution in [0.25, 0.3) is 0 Å². The number of nitrogens with two attached hydrogens (primary N) is 1. The molecule has 0 aliphatic heterocycles. The van der Waals surface area contributed by atoms with E-state index in [4.69, 9.17) is 10.5 Å². The summed E-state index contributed by atoms with van der Waals surface area (Å²) in [5.41, 5.74) is 5.85. The fourth-order valence-electron chi connectivity index (χ4n) is 2.73. The monoisotopic (exact) mass is 197 g/mol. The highest BCUT2D eigenvalue weighted by Gasteiger charge is 2.48. The van der Waals surface area contributed by atoms with Gasteiger partial charge in [-0.1, -0.05) is 0 Å². The molecule has 0 amide bonds. The molecule has 0 aromatic rings. The molecule has 2 rings (SSSR count). The van der Waals surface area contributed by atoms with Gasteiger partial charge in [-0.15, -0.1) is 0 Å². The van der Waals surface area contributed by atoms with E-state index in [1.54, 1.807) is 0 Å². The molecule has 0 spiro atoms. The van der Waals surface area contributed by atoms with Crippen molar-refractivity contribution in [1.82, 2.24) is 0 Å². The Hall–Kier alpha value is -0.570. The van der Waals surface area contributed by atoms with Gasteiger partial charge in [0, 0.05) is 6.04 Å². The van der Waals surface area contributed by atoms with Crippen molar-refractivity contribution in [3.63, 3.8) is 0 Å². The number of rotatable bonds is 2. The van der Waals surface area contributed by atoms with Crippen molar-refractivity contribution in [2.75, 3.05) is 7.11 Å². The van der Waals surface area contributed by atoms with E-state index in [1.165, 1.54) is 20.0 Å². The average Bonchev–Trinajstić information content (AvgIpc) is 2.98. The summed E-state index contributed by atoms with van der Waals surface area (Å²) in [4.78, 5) is 11.2. The number of methoxy groups -OCH3 is 1. The van der Waals surface area contributed by atoms with Crippen LogP contribution in [0.4, 0.5) is 0 Å². The summed E-state index contributed by atoms with van der Waals surface area (Å²) < 4.78 is 4.75. The van der Waals surface area contributed by atoms with Crippen LogP contribution in [0.5, 0.6) is 0 Å². The van der Waals surface area contributed by atoms with Crippen LogP contribution in [0.3, 0.4) is 0 Å². The molecule has 14 heavy (non-hydrogen) atoms. The van der Waals surface area contributed by atoms with Gasteiger partial charge in [-0.25, -0.2) is 0 Å². The van der Waals surface area contributed by atoms with Crippen LogP contribution in [0.1, 0.15) is 32.1 Å². The summed E-state index contributed by atoms with van der Waals surface area (Å²) in [6.07, 6.45) is 5.73. The van der Waals surface area contributed by atoms with Gasteiger partial charge in [0.05, 0.1) is 13.0 Å². The van der Waals surface area contributed by atoms with Crippen molar-refractivity contribution in [2.24, 2.45) is 23.5 Å². The number of hydrogen-bond donors (Lipinski definition) is 1. The van der Waals surface area contributed by atoms with E-state index in [9.17, 15) is 4.79 Å². The van der Waals surface area contributed by atoms with Gasteiger partial charge in [-0.2, -0.15) is 0 Å². The van der Waals surface area contributed by atoms with Crippen molar-refractivity contribution >= 4 is 5.97 Å². The molecule has 0 bridgehead atoms. The molecule has 2 saturated carbocycles. The quantitative estimate of drug-likeness (QED) is 0.679. The Morgan fingerprint density at radius 1 is 1.29 bits per heavy atom. The van der Waals surface area contributed by atoms with E-state index in [2.05, 4.69) is 0 Å². The highest BCUT2D eigenvalue weighted by Crippen LogP contribution is 2.49. The summed E-state index contributed by atoms with van der Waals surface area (Å²) in [6, 6.07) is 0.404.